The van der Waals surface area contributed by atoms with Crippen molar-refractivity contribution in [1.29, 1.82) is 0 Å². The van der Waals surface area contributed by atoms with Crippen molar-refractivity contribution in [3.63, 3.8) is 0 Å². The van der Waals surface area contributed by atoms with Crippen LogP contribution in [0.15, 0.2) is 63.8 Å². The molecule has 1 aromatic heterocycles. The second kappa shape index (κ2) is 11.9. The van der Waals surface area contributed by atoms with Crippen LogP contribution in [0.1, 0.15) is 32.1 Å². The van der Waals surface area contributed by atoms with Crippen LogP contribution in [0.25, 0.3) is 22.3 Å². The number of benzene rings is 2. The fraction of sp³-hybridized carbons (Fsp3) is 0.400. The number of morpholine rings is 1. The summed E-state index contributed by atoms with van der Waals surface area (Å²) >= 11 is 0. The van der Waals surface area contributed by atoms with E-state index in [0.717, 1.165) is 44.5 Å². The summed E-state index contributed by atoms with van der Waals surface area (Å²) in [6, 6.07) is 16.7. The molecule has 4 rings (SSSR count). The molecule has 1 fully saturated rings. The molecule has 1 aliphatic rings. The van der Waals surface area contributed by atoms with Gasteiger partial charge in [-0.05, 0) is 31.0 Å². The molecule has 0 saturated carbocycles. The Morgan fingerprint density at radius 1 is 1.00 bits per heavy atom. The number of fused-ring (bicyclic) bond motifs is 1. The average Bonchev–Trinajstić information content (AvgIpc) is 2.80. The standard InChI is InChI=1S/C25H29NO4.ClH/c27-23-17-25(19-8-4-3-5-9-19)30-24-12-11-20(16-22(23)24)28-14-7-2-1-6-10-21-18-26-13-15-29-21;/h3-5,8-9,11-12,16-17,21,26H,1-2,6-7,10,13-15,18H2;1H. The van der Waals surface area contributed by atoms with Crippen molar-refractivity contribution in [3.8, 4) is 17.1 Å². The van der Waals surface area contributed by atoms with Gasteiger partial charge >= 0.3 is 0 Å². The maximum atomic E-state index is 12.6. The highest BCUT2D eigenvalue weighted by atomic mass is 35.5. The number of rotatable bonds is 9. The molecule has 31 heavy (non-hydrogen) atoms. The lowest BCUT2D eigenvalue weighted by molar-refractivity contribution is 0.0220. The minimum Gasteiger partial charge on any atom is -0.494 e. The Morgan fingerprint density at radius 3 is 2.65 bits per heavy atom. The second-order valence-electron chi connectivity index (χ2n) is 7.75. The van der Waals surface area contributed by atoms with Crippen LogP contribution in [-0.4, -0.2) is 32.4 Å². The predicted molar refractivity (Wildman–Crippen MR) is 126 cm³/mol. The fourth-order valence-corrected chi connectivity index (χ4v) is 3.79. The summed E-state index contributed by atoms with van der Waals surface area (Å²) in [6.45, 7) is 3.43. The number of ether oxygens (including phenoxy) is 2. The zero-order valence-corrected chi connectivity index (χ0v) is 18.5. The Hall–Kier alpha value is -2.34. The van der Waals surface area contributed by atoms with Gasteiger partial charge in [0.2, 0.25) is 0 Å². The van der Waals surface area contributed by atoms with E-state index in [1.54, 1.807) is 12.1 Å². The first-order valence-corrected chi connectivity index (χ1v) is 10.9. The van der Waals surface area contributed by atoms with Gasteiger partial charge in [-0.2, -0.15) is 0 Å². The highest BCUT2D eigenvalue weighted by Gasteiger charge is 2.12. The summed E-state index contributed by atoms with van der Waals surface area (Å²) in [5.74, 6) is 1.29. The molecular weight excluding hydrogens is 414 g/mol. The zero-order valence-electron chi connectivity index (χ0n) is 17.7. The van der Waals surface area contributed by atoms with Crippen LogP contribution in [0.3, 0.4) is 0 Å². The summed E-state index contributed by atoms with van der Waals surface area (Å²) in [5.41, 5.74) is 1.41. The van der Waals surface area contributed by atoms with Crippen molar-refractivity contribution >= 4 is 23.4 Å². The molecule has 2 heterocycles. The van der Waals surface area contributed by atoms with Crippen LogP contribution < -0.4 is 15.5 Å². The summed E-state index contributed by atoms with van der Waals surface area (Å²) in [7, 11) is 0. The van der Waals surface area contributed by atoms with Crippen molar-refractivity contribution in [2.75, 3.05) is 26.3 Å². The lowest BCUT2D eigenvalue weighted by Crippen LogP contribution is -2.38. The molecule has 0 spiro atoms. The molecule has 6 heteroatoms. The van der Waals surface area contributed by atoms with Crippen molar-refractivity contribution in [3.05, 3.63) is 64.8 Å². The predicted octanol–water partition coefficient (Wildman–Crippen LogP) is 5.20. The molecule has 0 bridgehead atoms. The van der Waals surface area contributed by atoms with E-state index in [1.165, 1.54) is 12.8 Å². The van der Waals surface area contributed by atoms with Gasteiger partial charge in [-0.15, -0.1) is 12.4 Å². The molecule has 0 aliphatic carbocycles. The smallest absolute Gasteiger partial charge is 0.193 e. The molecule has 0 amide bonds. The first-order valence-electron chi connectivity index (χ1n) is 10.9. The highest BCUT2D eigenvalue weighted by molar-refractivity contribution is 5.85. The van der Waals surface area contributed by atoms with E-state index in [0.29, 0.717) is 35.2 Å². The molecule has 2 aromatic carbocycles. The number of halogens is 1. The number of hydrogen-bond donors (Lipinski definition) is 1. The Kier molecular flexibility index (Phi) is 8.95. The molecule has 166 valence electrons. The van der Waals surface area contributed by atoms with Gasteiger partial charge in [0, 0.05) is 24.7 Å². The fourth-order valence-electron chi connectivity index (χ4n) is 3.79. The van der Waals surface area contributed by atoms with Gasteiger partial charge < -0.3 is 19.2 Å². The Morgan fingerprint density at radius 2 is 1.84 bits per heavy atom. The zero-order chi connectivity index (χ0) is 20.6. The Balaban J connectivity index is 0.00000272. The van der Waals surface area contributed by atoms with E-state index in [2.05, 4.69) is 5.32 Å². The number of hydrogen-bond acceptors (Lipinski definition) is 5. The first-order chi connectivity index (χ1) is 14.8. The van der Waals surface area contributed by atoms with Crippen LogP contribution in [0.4, 0.5) is 0 Å². The van der Waals surface area contributed by atoms with Crippen LogP contribution in [0.5, 0.6) is 5.75 Å². The normalized spacial score (nSPS) is 16.1. The van der Waals surface area contributed by atoms with Crippen molar-refractivity contribution in [2.24, 2.45) is 0 Å². The molecule has 1 atom stereocenters. The minimum absolute atomic E-state index is 0. The van der Waals surface area contributed by atoms with Gasteiger partial charge in [-0.25, -0.2) is 0 Å². The van der Waals surface area contributed by atoms with E-state index < -0.39 is 0 Å². The lowest BCUT2D eigenvalue weighted by atomic mass is 10.1. The minimum atomic E-state index is -0.0556. The third-order valence-corrected chi connectivity index (χ3v) is 5.45. The van der Waals surface area contributed by atoms with Crippen LogP contribution in [0, 0.1) is 0 Å². The molecule has 3 aromatic rings. The molecule has 1 saturated heterocycles. The molecule has 5 nitrogen and oxygen atoms in total. The van der Waals surface area contributed by atoms with Crippen molar-refractivity contribution < 1.29 is 13.9 Å². The van der Waals surface area contributed by atoms with E-state index >= 15 is 0 Å². The largest absolute Gasteiger partial charge is 0.494 e. The van der Waals surface area contributed by atoms with Crippen LogP contribution in [-0.2, 0) is 4.74 Å². The average molecular weight is 444 g/mol. The third-order valence-electron chi connectivity index (χ3n) is 5.45. The molecule has 1 unspecified atom stereocenters. The van der Waals surface area contributed by atoms with Crippen molar-refractivity contribution in [2.45, 2.75) is 38.2 Å². The summed E-state index contributed by atoms with van der Waals surface area (Å²) in [6.07, 6.45) is 6.01. The van der Waals surface area contributed by atoms with E-state index in [9.17, 15) is 4.79 Å². The Bertz CT molecular complexity index is 999. The van der Waals surface area contributed by atoms with Gasteiger partial charge in [0.25, 0.3) is 0 Å². The number of unbranched alkanes of at least 4 members (excludes halogenated alkanes) is 3. The molecular formula is C25H30ClNO4. The second-order valence-corrected chi connectivity index (χ2v) is 7.75. The first kappa shape index (κ1) is 23.3. The SMILES string of the molecule is Cl.O=c1cc(-c2ccccc2)oc2ccc(OCCCCCCC3CNCCO3)cc12. The monoisotopic (exact) mass is 443 g/mol. The quantitative estimate of drug-likeness (QED) is 0.460. The summed E-state index contributed by atoms with van der Waals surface area (Å²) in [5, 5.41) is 3.92. The maximum absolute atomic E-state index is 12.6. The van der Waals surface area contributed by atoms with Gasteiger partial charge in [0.15, 0.2) is 5.43 Å². The Labute approximate surface area is 189 Å². The summed E-state index contributed by atoms with van der Waals surface area (Å²) in [4.78, 5) is 12.6. The van der Waals surface area contributed by atoms with E-state index in [4.69, 9.17) is 13.9 Å². The summed E-state index contributed by atoms with van der Waals surface area (Å²) < 4.78 is 17.5. The van der Waals surface area contributed by atoms with Gasteiger partial charge in [-0.1, -0.05) is 49.6 Å². The topological polar surface area (TPSA) is 60.7 Å². The lowest BCUT2D eigenvalue weighted by Gasteiger charge is -2.23. The number of nitrogens with one attached hydrogen (secondary N) is 1. The molecule has 1 N–H and O–H groups in total. The van der Waals surface area contributed by atoms with Crippen molar-refractivity contribution in [1.82, 2.24) is 5.32 Å². The van der Waals surface area contributed by atoms with E-state index in [1.807, 2.05) is 42.5 Å². The van der Waals surface area contributed by atoms with Crippen LogP contribution >= 0.6 is 12.4 Å². The van der Waals surface area contributed by atoms with Crippen LogP contribution in [0.2, 0.25) is 0 Å². The molecule has 1 aliphatic heterocycles. The van der Waals surface area contributed by atoms with Gasteiger partial charge in [0.05, 0.1) is 24.7 Å². The molecule has 0 radical (unpaired) electrons. The van der Waals surface area contributed by atoms with Gasteiger partial charge in [-0.3, -0.25) is 4.79 Å². The van der Waals surface area contributed by atoms with E-state index in [-0.39, 0.29) is 17.8 Å². The maximum Gasteiger partial charge on any atom is 0.193 e. The van der Waals surface area contributed by atoms with Gasteiger partial charge in [0.1, 0.15) is 17.1 Å². The third kappa shape index (κ3) is 6.57. The highest BCUT2D eigenvalue weighted by Crippen LogP contribution is 2.24.